The number of aromatic nitrogens is 1. The summed E-state index contributed by atoms with van der Waals surface area (Å²) in [5.41, 5.74) is 1.19. The molecule has 1 aromatic heterocycles. The normalized spacial score (nSPS) is 20.1. The lowest BCUT2D eigenvalue weighted by molar-refractivity contribution is -0.131. The molecule has 1 N–H and O–H groups in total. The standard InChI is InChI=1S/C12H17N3O/c1-13-9-12(16)15-8-2-3-11(15)10-4-6-14-7-5-10/h4-7,11,13H,2-3,8-9H2,1H3. The Morgan fingerprint density at radius 3 is 3.00 bits per heavy atom. The number of likely N-dealkylation sites (tertiary alicyclic amines) is 1. The van der Waals surface area contributed by atoms with Crippen LogP contribution in [0.25, 0.3) is 0 Å². The number of carbonyl (C=O) groups is 1. The lowest BCUT2D eigenvalue weighted by Gasteiger charge is -2.24. The van der Waals surface area contributed by atoms with E-state index in [1.807, 2.05) is 17.0 Å². The zero-order valence-corrected chi connectivity index (χ0v) is 9.52. The fourth-order valence-corrected chi connectivity index (χ4v) is 2.25. The second-order valence-corrected chi connectivity index (χ2v) is 4.06. The van der Waals surface area contributed by atoms with Gasteiger partial charge in [-0.2, -0.15) is 0 Å². The molecule has 0 saturated carbocycles. The van der Waals surface area contributed by atoms with E-state index in [4.69, 9.17) is 0 Å². The van der Waals surface area contributed by atoms with Gasteiger partial charge in [0.25, 0.3) is 0 Å². The molecule has 0 aliphatic carbocycles. The molecule has 2 heterocycles. The van der Waals surface area contributed by atoms with Crippen LogP contribution in [0, 0.1) is 0 Å². The predicted molar refractivity (Wildman–Crippen MR) is 61.9 cm³/mol. The molecule has 1 unspecified atom stereocenters. The Bertz CT molecular complexity index is 353. The third kappa shape index (κ3) is 2.22. The first-order valence-electron chi connectivity index (χ1n) is 5.67. The van der Waals surface area contributed by atoms with Crippen LogP contribution in [0.1, 0.15) is 24.4 Å². The van der Waals surface area contributed by atoms with Crippen molar-refractivity contribution in [3.63, 3.8) is 0 Å². The molecule has 1 saturated heterocycles. The van der Waals surface area contributed by atoms with Gasteiger partial charge in [0.2, 0.25) is 5.91 Å². The number of nitrogens with zero attached hydrogens (tertiary/aromatic N) is 2. The summed E-state index contributed by atoms with van der Waals surface area (Å²) >= 11 is 0. The third-order valence-corrected chi connectivity index (χ3v) is 2.99. The number of hydrogen-bond donors (Lipinski definition) is 1. The van der Waals surface area contributed by atoms with E-state index in [9.17, 15) is 4.79 Å². The van der Waals surface area contributed by atoms with E-state index in [-0.39, 0.29) is 11.9 Å². The minimum Gasteiger partial charge on any atom is -0.335 e. The first-order chi connectivity index (χ1) is 7.83. The zero-order chi connectivity index (χ0) is 11.4. The van der Waals surface area contributed by atoms with E-state index in [2.05, 4.69) is 10.3 Å². The molecule has 0 spiro atoms. The van der Waals surface area contributed by atoms with Gasteiger partial charge in [-0.3, -0.25) is 9.78 Å². The quantitative estimate of drug-likeness (QED) is 0.823. The Labute approximate surface area is 95.7 Å². The van der Waals surface area contributed by atoms with Gasteiger partial charge in [0.15, 0.2) is 0 Å². The Morgan fingerprint density at radius 1 is 1.56 bits per heavy atom. The topological polar surface area (TPSA) is 45.2 Å². The molecule has 1 aliphatic rings. The van der Waals surface area contributed by atoms with Crippen molar-refractivity contribution in [3.05, 3.63) is 30.1 Å². The maximum absolute atomic E-state index is 11.9. The number of likely N-dealkylation sites (N-methyl/N-ethyl adjacent to an activating group) is 1. The molecule has 0 bridgehead atoms. The first kappa shape index (κ1) is 11.1. The molecule has 0 aromatic carbocycles. The third-order valence-electron chi connectivity index (χ3n) is 2.99. The molecule has 1 atom stereocenters. The van der Waals surface area contributed by atoms with Crippen LogP contribution in [0.15, 0.2) is 24.5 Å². The summed E-state index contributed by atoms with van der Waals surface area (Å²) in [5, 5.41) is 2.91. The van der Waals surface area contributed by atoms with Gasteiger partial charge in [0.05, 0.1) is 12.6 Å². The van der Waals surface area contributed by atoms with Crippen LogP contribution in [-0.2, 0) is 4.79 Å². The number of hydrogen-bond acceptors (Lipinski definition) is 3. The number of amides is 1. The molecule has 1 aliphatic heterocycles. The highest BCUT2D eigenvalue weighted by Gasteiger charge is 2.29. The molecule has 4 nitrogen and oxygen atoms in total. The Balaban J connectivity index is 2.12. The Hall–Kier alpha value is -1.42. The van der Waals surface area contributed by atoms with Gasteiger partial charge in [-0.1, -0.05) is 0 Å². The highest BCUT2D eigenvalue weighted by molar-refractivity contribution is 5.79. The van der Waals surface area contributed by atoms with E-state index in [1.165, 1.54) is 5.56 Å². The van der Waals surface area contributed by atoms with Gasteiger partial charge in [0, 0.05) is 18.9 Å². The molecule has 1 amide bonds. The highest BCUT2D eigenvalue weighted by Crippen LogP contribution is 2.31. The van der Waals surface area contributed by atoms with Crippen LogP contribution >= 0.6 is 0 Å². The largest absolute Gasteiger partial charge is 0.335 e. The van der Waals surface area contributed by atoms with Crippen molar-refractivity contribution in [2.75, 3.05) is 20.1 Å². The van der Waals surface area contributed by atoms with Gasteiger partial charge >= 0.3 is 0 Å². The fraction of sp³-hybridized carbons (Fsp3) is 0.500. The Kier molecular flexibility index (Phi) is 3.51. The van der Waals surface area contributed by atoms with Crippen LogP contribution in [0.4, 0.5) is 0 Å². The molecule has 4 heteroatoms. The van der Waals surface area contributed by atoms with Crippen molar-refractivity contribution in [1.29, 1.82) is 0 Å². The van der Waals surface area contributed by atoms with Crippen molar-refractivity contribution in [2.45, 2.75) is 18.9 Å². The summed E-state index contributed by atoms with van der Waals surface area (Å²) in [7, 11) is 1.80. The minimum atomic E-state index is 0.182. The fourth-order valence-electron chi connectivity index (χ4n) is 2.25. The SMILES string of the molecule is CNCC(=O)N1CCCC1c1ccncc1. The maximum atomic E-state index is 11.9. The van der Waals surface area contributed by atoms with Crippen molar-refractivity contribution in [1.82, 2.24) is 15.2 Å². The van der Waals surface area contributed by atoms with Crippen molar-refractivity contribution in [2.24, 2.45) is 0 Å². The average molecular weight is 219 g/mol. The molecule has 86 valence electrons. The van der Waals surface area contributed by atoms with Crippen LogP contribution in [0.5, 0.6) is 0 Å². The number of rotatable bonds is 3. The summed E-state index contributed by atoms with van der Waals surface area (Å²) in [6.45, 7) is 1.29. The van der Waals surface area contributed by atoms with Crippen LogP contribution in [0.2, 0.25) is 0 Å². The van der Waals surface area contributed by atoms with E-state index in [0.717, 1.165) is 19.4 Å². The molecule has 0 radical (unpaired) electrons. The van der Waals surface area contributed by atoms with Gasteiger partial charge in [-0.25, -0.2) is 0 Å². The lowest BCUT2D eigenvalue weighted by Crippen LogP contribution is -2.36. The smallest absolute Gasteiger partial charge is 0.237 e. The number of nitrogens with one attached hydrogen (secondary N) is 1. The second-order valence-electron chi connectivity index (χ2n) is 4.06. The summed E-state index contributed by atoms with van der Waals surface area (Å²) in [6.07, 6.45) is 5.71. The molecule has 16 heavy (non-hydrogen) atoms. The summed E-state index contributed by atoms with van der Waals surface area (Å²) < 4.78 is 0. The zero-order valence-electron chi connectivity index (χ0n) is 9.52. The monoisotopic (exact) mass is 219 g/mol. The Morgan fingerprint density at radius 2 is 2.31 bits per heavy atom. The summed E-state index contributed by atoms with van der Waals surface area (Å²) in [4.78, 5) is 17.8. The minimum absolute atomic E-state index is 0.182. The van der Waals surface area contributed by atoms with Crippen LogP contribution in [0.3, 0.4) is 0 Å². The maximum Gasteiger partial charge on any atom is 0.237 e. The van der Waals surface area contributed by atoms with Gasteiger partial charge in [-0.05, 0) is 37.6 Å². The van der Waals surface area contributed by atoms with Gasteiger partial charge in [0.1, 0.15) is 0 Å². The second kappa shape index (κ2) is 5.07. The molecule has 2 rings (SSSR count). The van der Waals surface area contributed by atoms with Gasteiger partial charge < -0.3 is 10.2 Å². The van der Waals surface area contributed by atoms with Crippen molar-refractivity contribution in [3.8, 4) is 0 Å². The molecular formula is C12H17N3O. The van der Waals surface area contributed by atoms with E-state index >= 15 is 0 Å². The molecular weight excluding hydrogens is 202 g/mol. The lowest BCUT2D eigenvalue weighted by atomic mass is 10.1. The summed E-state index contributed by atoms with van der Waals surface area (Å²) in [5.74, 6) is 0.182. The average Bonchev–Trinajstić information content (AvgIpc) is 2.79. The first-order valence-corrected chi connectivity index (χ1v) is 5.67. The predicted octanol–water partition coefficient (Wildman–Crippen LogP) is 0.964. The van der Waals surface area contributed by atoms with Crippen LogP contribution in [-0.4, -0.2) is 35.9 Å². The van der Waals surface area contributed by atoms with Crippen molar-refractivity contribution >= 4 is 5.91 Å². The highest BCUT2D eigenvalue weighted by atomic mass is 16.2. The molecule has 1 aromatic rings. The molecule has 1 fully saturated rings. The number of carbonyl (C=O) groups excluding carboxylic acids is 1. The van der Waals surface area contributed by atoms with E-state index in [0.29, 0.717) is 6.54 Å². The van der Waals surface area contributed by atoms with E-state index < -0.39 is 0 Å². The number of pyridine rings is 1. The van der Waals surface area contributed by atoms with E-state index in [1.54, 1.807) is 19.4 Å². The van der Waals surface area contributed by atoms with Crippen molar-refractivity contribution < 1.29 is 4.79 Å². The van der Waals surface area contributed by atoms with Gasteiger partial charge in [-0.15, -0.1) is 0 Å². The summed E-state index contributed by atoms with van der Waals surface area (Å²) in [6, 6.07) is 4.23. The van der Waals surface area contributed by atoms with Crippen LogP contribution < -0.4 is 5.32 Å².